The van der Waals surface area contributed by atoms with Crippen LogP contribution >= 0.6 is 0 Å². The predicted molar refractivity (Wildman–Crippen MR) is 57.8 cm³/mol. The largest absolute Gasteiger partial charge is 0.481 e. The second-order valence-corrected chi connectivity index (χ2v) is 2.82. The smallest absolute Gasteiger partial charge is 0.239 e. The number of nitrogens with zero attached hydrogens (tertiary/aromatic N) is 1. The summed E-state index contributed by atoms with van der Waals surface area (Å²) in [7, 11) is 3.08. The van der Waals surface area contributed by atoms with E-state index >= 15 is 0 Å². The fourth-order valence-corrected chi connectivity index (χ4v) is 0.960. The normalized spacial score (nSPS) is 9.47. The van der Waals surface area contributed by atoms with Crippen molar-refractivity contribution in [1.82, 2.24) is 10.3 Å². The summed E-state index contributed by atoms with van der Waals surface area (Å²) >= 11 is 0. The van der Waals surface area contributed by atoms with E-state index in [1.54, 1.807) is 19.2 Å². The topological polar surface area (TPSA) is 89.3 Å². The molecule has 1 aromatic rings. The van der Waals surface area contributed by atoms with Crippen molar-refractivity contribution in [3.05, 3.63) is 12.1 Å². The van der Waals surface area contributed by atoms with Crippen LogP contribution in [-0.2, 0) is 4.79 Å². The number of hydrogen-bond donors (Lipinski definition) is 3. The first kappa shape index (κ1) is 11.1. The van der Waals surface area contributed by atoms with Crippen LogP contribution in [0.4, 0.5) is 11.5 Å². The van der Waals surface area contributed by atoms with Crippen molar-refractivity contribution in [2.75, 3.05) is 31.8 Å². The van der Waals surface area contributed by atoms with Crippen LogP contribution < -0.4 is 21.1 Å². The number of carbonyl (C=O) groups is 1. The summed E-state index contributed by atoms with van der Waals surface area (Å²) in [6.07, 6.45) is 0. The minimum atomic E-state index is -0.140. The molecule has 6 nitrogen and oxygen atoms in total. The highest BCUT2D eigenvalue weighted by Gasteiger charge is 2.04. The zero-order valence-electron chi connectivity index (χ0n) is 8.70. The summed E-state index contributed by atoms with van der Waals surface area (Å²) in [5, 5.41) is 5.29. The Morgan fingerprint density at radius 2 is 2.33 bits per heavy atom. The molecule has 4 N–H and O–H groups in total. The summed E-state index contributed by atoms with van der Waals surface area (Å²) in [5.41, 5.74) is 6.13. The molecular formula is C9H14N4O2. The number of nitrogen functional groups attached to an aromatic ring is 1. The Labute approximate surface area is 87.8 Å². The number of nitrogens with two attached hydrogens (primary N) is 1. The van der Waals surface area contributed by atoms with Gasteiger partial charge in [-0.05, 0) is 6.07 Å². The fraction of sp³-hybridized carbons (Fsp3) is 0.333. The van der Waals surface area contributed by atoms with Crippen LogP contribution in [0.5, 0.6) is 5.88 Å². The number of carbonyl (C=O) groups excluding carboxylic acids is 1. The lowest BCUT2D eigenvalue weighted by molar-refractivity contribution is -0.118. The Morgan fingerprint density at radius 1 is 1.60 bits per heavy atom. The van der Waals surface area contributed by atoms with Gasteiger partial charge in [0.2, 0.25) is 11.8 Å². The van der Waals surface area contributed by atoms with Crippen LogP contribution in [-0.4, -0.2) is 31.6 Å². The van der Waals surface area contributed by atoms with E-state index in [1.807, 2.05) is 0 Å². The van der Waals surface area contributed by atoms with Crippen molar-refractivity contribution in [1.29, 1.82) is 0 Å². The molecule has 0 bridgehead atoms. The minimum absolute atomic E-state index is 0.126. The molecule has 0 saturated heterocycles. The zero-order chi connectivity index (χ0) is 11.3. The van der Waals surface area contributed by atoms with Gasteiger partial charge in [0.25, 0.3) is 0 Å². The Bertz CT molecular complexity index is 354. The number of methoxy groups -OCH3 is 1. The molecule has 0 fully saturated rings. The van der Waals surface area contributed by atoms with E-state index in [9.17, 15) is 4.79 Å². The van der Waals surface area contributed by atoms with Gasteiger partial charge in [-0.25, -0.2) is 0 Å². The number of nitrogens with one attached hydrogen (secondary N) is 2. The number of amides is 1. The fourth-order valence-electron chi connectivity index (χ4n) is 0.960. The first-order valence-corrected chi connectivity index (χ1v) is 4.42. The molecule has 0 aliphatic carbocycles. The van der Waals surface area contributed by atoms with E-state index in [0.717, 1.165) is 0 Å². The molecule has 0 spiro atoms. The molecule has 1 heterocycles. The Hall–Kier alpha value is -1.98. The van der Waals surface area contributed by atoms with Crippen LogP contribution in [0, 0.1) is 0 Å². The Morgan fingerprint density at radius 3 is 2.93 bits per heavy atom. The molecule has 6 heteroatoms. The Kier molecular flexibility index (Phi) is 3.73. The molecule has 0 aliphatic heterocycles. The van der Waals surface area contributed by atoms with Crippen molar-refractivity contribution in [2.45, 2.75) is 0 Å². The third-order valence-electron chi connectivity index (χ3n) is 1.81. The second-order valence-electron chi connectivity index (χ2n) is 2.82. The van der Waals surface area contributed by atoms with Crippen molar-refractivity contribution in [2.24, 2.45) is 0 Å². The number of pyridine rings is 1. The summed E-state index contributed by atoms with van der Waals surface area (Å²) in [6, 6.07) is 3.32. The average molecular weight is 210 g/mol. The maximum absolute atomic E-state index is 11.0. The summed E-state index contributed by atoms with van der Waals surface area (Å²) in [4.78, 5) is 15.0. The highest BCUT2D eigenvalue weighted by atomic mass is 16.5. The predicted octanol–water partition coefficient (Wildman–Crippen LogP) is -0.170. The maximum Gasteiger partial charge on any atom is 0.239 e. The molecule has 0 saturated carbocycles. The molecule has 1 amide bonds. The molecule has 0 aliphatic rings. The number of aromatic nitrogens is 1. The molecule has 82 valence electrons. The average Bonchev–Trinajstić information content (AvgIpc) is 2.27. The van der Waals surface area contributed by atoms with Crippen molar-refractivity contribution in [3.63, 3.8) is 0 Å². The zero-order valence-corrected chi connectivity index (χ0v) is 8.70. The lowest BCUT2D eigenvalue weighted by Gasteiger charge is -2.08. The number of rotatable bonds is 4. The summed E-state index contributed by atoms with van der Waals surface area (Å²) < 4.78 is 4.94. The van der Waals surface area contributed by atoms with E-state index < -0.39 is 0 Å². The first-order valence-electron chi connectivity index (χ1n) is 4.42. The molecule has 0 atom stereocenters. The molecular weight excluding hydrogens is 196 g/mol. The second kappa shape index (κ2) is 5.04. The molecule has 1 aromatic heterocycles. The SMILES string of the molecule is CNC(=O)CNc1nc(OC)ccc1N. The molecule has 0 radical (unpaired) electrons. The van der Waals surface area contributed by atoms with Gasteiger partial charge in [0.1, 0.15) is 0 Å². The summed E-state index contributed by atoms with van der Waals surface area (Å²) in [5.74, 6) is 0.751. The lowest BCUT2D eigenvalue weighted by atomic mass is 10.4. The van der Waals surface area contributed by atoms with Crippen LogP contribution in [0.2, 0.25) is 0 Å². The molecule has 1 rings (SSSR count). The molecule has 0 unspecified atom stereocenters. The van der Waals surface area contributed by atoms with Gasteiger partial charge in [-0.15, -0.1) is 0 Å². The number of likely N-dealkylation sites (N-methyl/N-ethyl adjacent to an activating group) is 1. The van der Waals surface area contributed by atoms with Gasteiger partial charge >= 0.3 is 0 Å². The van der Waals surface area contributed by atoms with Gasteiger partial charge in [0.05, 0.1) is 19.3 Å². The van der Waals surface area contributed by atoms with Gasteiger partial charge < -0.3 is 21.1 Å². The van der Waals surface area contributed by atoms with Crippen LogP contribution in [0.25, 0.3) is 0 Å². The standard InChI is InChI=1S/C9H14N4O2/c1-11-7(14)5-12-9-6(10)3-4-8(13-9)15-2/h3-4H,5,10H2,1-2H3,(H,11,14)(H,12,13). The number of anilines is 2. The van der Waals surface area contributed by atoms with Gasteiger partial charge in [-0.3, -0.25) is 4.79 Å². The van der Waals surface area contributed by atoms with Crippen LogP contribution in [0.15, 0.2) is 12.1 Å². The van der Waals surface area contributed by atoms with Crippen LogP contribution in [0.3, 0.4) is 0 Å². The quantitative estimate of drug-likeness (QED) is 0.642. The van der Waals surface area contributed by atoms with Gasteiger partial charge in [-0.2, -0.15) is 4.98 Å². The highest BCUT2D eigenvalue weighted by molar-refractivity contribution is 5.81. The lowest BCUT2D eigenvalue weighted by Crippen LogP contribution is -2.26. The minimum Gasteiger partial charge on any atom is -0.481 e. The van der Waals surface area contributed by atoms with E-state index in [4.69, 9.17) is 10.5 Å². The highest BCUT2D eigenvalue weighted by Crippen LogP contribution is 2.18. The van der Waals surface area contributed by atoms with E-state index in [2.05, 4.69) is 15.6 Å². The van der Waals surface area contributed by atoms with E-state index in [0.29, 0.717) is 17.4 Å². The monoisotopic (exact) mass is 210 g/mol. The first-order chi connectivity index (χ1) is 7.17. The van der Waals surface area contributed by atoms with Crippen molar-refractivity contribution < 1.29 is 9.53 Å². The Balaban J connectivity index is 2.70. The van der Waals surface area contributed by atoms with E-state index in [-0.39, 0.29) is 12.5 Å². The van der Waals surface area contributed by atoms with E-state index in [1.165, 1.54) is 7.11 Å². The molecule has 0 aromatic carbocycles. The molecule has 15 heavy (non-hydrogen) atoms. The number of ether oxygens (including phenoxy) is 1. The van der Waals surface area contributed by atoms with Crippen molar-refractivity contribution in [3.8, 4) is 5.88 Å². The van der Waals surface area contributed by atoms with Gasteiger partial charge in [-0.1, -0.05) is 0 Å². The van der Waals surface area contributed by atoms with Crippen molar-refractivity contribution >= 4 is 17.4 Å². The van der Waals surface area contributed by atoms with Crippen LogP contribution in [0.1, 0.15) is 0 Å². The third kappa shape index (κ3) is 3.01. The third-order valence-corrected chi connectivity index (χ3v) is 1.81. The maximum atomic E-state index is 11.0. The number of hydrogen-bond acceptors (Lipinski definition) is 5. The summed E-state index contributed by atoms with van der Waals surface area (Å²) in [6.45, 7) is 0.126. The van der Waals surface area contributed by atoms with Gasteiger partial charge in [0.15, 0.2) is 5.82 Å². The van der Waals surface area contributed by atoms with Gasteiger partial charge in [0, 0.05) is 13.1 Å².